The summed E-state index contributed by atoms with van der Waals surface area (Å²) in [5, 5.41) is 12.9. The summed E-state index contributed by atoms with van der Waals surface area (Å²) in [6, 6.07) is 30.1. The molecule has 0 saturated heterocycles. The predicted octanol–water partition coefficient (Wildman–Crippen LogP) is 18.0. The zero-order valence-electron chi connectivity index (χ0n) is 63.1. The van der Waals surface area contributed by atoms with Crippen LogP contribution in [-0.2, 0) is 38.8 Å². The second-order valence-corrected chi connectivity index (χ2v) is 28.3. The minimum Gasteiger partial charge on any atom is -0.454 e. The van der Waals surface area contributed by atoms with Crippen molar-refractivity contribution in [3.8, 4) is 63.6 Å². The van der Waals surface area contributed by atoms with Gasteiger partial charge in [0.05, 0.1) is 116 Å². The Morgan fingerprint density at radius 3 is 1.32 bits per heavy atom. The molecule has 27 nitrogen and oxygen atoms in total. The average Bonchev–Trinajstić information content (AvgIpc) is 1.02. The van der Waals surface area contributed by atoms with Crippen LogP contribution < -0.4 is 23.7 Å². The number of thiazole rings is 2. The van der Waals surface area contributed by atoms with E-state index in [0.29, 0.717) is 90.1 Å². The van der Waals surface area contributed by atoms with E-state index >= 15 is 0 Å². The van der Waals surface area contributed by atoms with E-state index in [4.69, 9.17) is 52.1 Å². The number of nitriles is 1. The van der Waals surface area contributed by atoms with Crippen LogP contribution in [-0.4, -0.2) is 109 Å². The molecule has 0 aliphatic rings. The molecule has 0 atom stereocenters. The van der Waals surface area contributed by atoms with Gasteiger partial charge in [0.2, 0.25) is 0 Å². The number of Topliss-reactive ketones (excluding diaryl/α,β-unsaturated/α-hetero) is 5. The molecule has 35 heteroatoms. The summed E-state index contributed by atoms with van der Waals surface area (Å²) in [6.07, 6.45) is 29.9. The highest BCUT2D eigenvalue weighted by atomic mass is 35.5. The number of aryl methyl sites for hydroxylation is 3. The van der Waals surface area contributed by atoms with E-state index in [1.165, 1.54) is 153 Å². The molecule has 0 unspecified atom stereocenters. The van der Waals surface area contributed by atoms with Gasteiger partial charge in [0.15, 0.2) is 57.7 Å². The molecule has 0 aliphatic carbocycles. The Balaban J connectivity index is 0.000000147. The van der Waals surface area contributed by atoms with E-state index in [9.17, 15) is 41.5 Å². The fourth-order valence-electron chi connectivity index (χ4n) is 10.5. The fourth-order valence-corrected chi connectivity index (χ4v) is 12.5. The molecule has 0 N–H and O–H groups in total. The molecule has 15 aromatic rings. The van der Waals surface area contributed by atoms with Gasteiger partial charge in [-0.25, -0.2) is 87.3 Å². The average molecular weight is 1690 g/mol. The van der Waals surface area contributed by atoms with Gasteiger partial charge < -0.3 is 23.7 Å². The lowest BCUT2D eigenvalue weighted by Gasteiger charge is -2.08. The summed E-state index contributed by atoms with van der Waals surface area (Å²) in [7, 11) is 0. The van der Waals surface area contributed by atoms with E-state index in [0.717, 1.165) is 44.9 Å². The minimum absolute atomic E-state index is 0.0149. The molecule has 10 heterocycles. The Hall–Kier alpha value is -14.7. The molecule has 10 aromatic heterocycles. The lowest BCUT2D eigenvalue weighted by atomic mass is 10.0. The van der Waals surface area contributed by atoms with Gasteiger partial charge in [-0.2, -0.15) is 5.26 Å². The molecular weight excluding hydrogens is 1630 g/mol. The number of nitrogens with zero attached hydrogens (tertiary/aromatic N) is 17. The second-order valence-electron chi connectivity index (χ2n) is 25.1. The molecule has 0 fully saturated rings. The Morgan fingerprint density at radius 1 is 0.392 bits per heavy atom. The van der Waals surface area contributed by atoms with E-state index < -0.39 is 24.1 Å². The van der Waals surface area contributed by atoms with Crippen molar-refractivity contribution in [2.75, 3.05) is 0 Å². The first kappa shape index (κ1) is 86.1. The number of aromatic nitrogens is 16. The maximum atomic E-state index is 13.8. The van der Waals surface area contributed by atoms with Gasteiger partial charge in [-0.15, -0.1) is 22.7 Å². The van der Waals surface area contributed by atoms with Crippen LogP contribution >= 0.6 is 45.9 Å². The number of rotatable bonds is 26. The molecule has 5 aromatic carbocycles. The van der Waals surface area contributed by atoms with Gasteiger partial charge >= 0.3 is 0 Å². The van der Waals surface area contributed by atoms with Crippen LogP contribution in [0.3, 0.4) is 0 Å². The summed E-state index contributed by atoms with van der Waals surface area (Å²) < 4.78 is 81.1. The number of carbonyl (C=O) groups excluding carboxylic acids is 5. The number of hydrogen-bond donors (Lipinski definition) is 0. The lowest BCUT2D eigenvalue weighted by Crippen LogP contribution is -2.08. The first-order chi connectivity index (χ1) is 58.1. The van der Waals surface area contributed by atoms with Crippen LogP contribution in [0.5, 0.6) is 57.5 Å². The Labute approximate surface area is 699 Å². The number of pyridine rings is 2. The molecule has 0 bridgehead atoms. The van der Waals surface area contributed by atoms with E-state index in [2.05, 4.69) is 79.7 Å². The Bertz CT molecular complexity index is 5960. The zero-order chi connectivity index (χ0) is 84.7. The molecule has 0 radical (unpaired) electrons. The van der Waals surface area contributed by atoms with Crippen molar-refractivity contribution < 1.29 is 65.2 Å². The SMILES string of the molecule is Cc1cc(Oc2cncnc2)cc(C(=O)Cc2ncc(C)s2)c1.Cc1ccnc(CC(=O)c2cc(F)cc(Oc3cncnc3)c2)n1.N#Cc1cc(Oc2cncnc2)cc(C(=O)Cc2cc(F)ccn2)c1.O=C(Cc1cncc(Cl)c1)c1cc(Cl)cc(Oc2cncnc2)c1.O=C(Cc1nc(CF)cs1)c1cc(F)cc(Oc2cncnc2)c1. The maximum Gasteiger partial charge on any atom is 0.170 e. The van der Waals surface area contributed by atoms with Crippen molar-refractivity contribution in [1.82, 2.24) is 79.7 Å². The smallest absolute Gasteiger partial charge is 0.170 e. The van der Waals surface area contributed by atoms with Gasteiger partial charge in [-0.05, 0) is 135 Å². The zero-order valence-corrected chi connectivity index (χ0v) is 66.3. The second kappa shape index (κ2) is 43.3. The number of halogens is 6. The predicted molar refractivity (Wildman–Crippen MR) is 431 cm³/mol. The highest BCUT2D eigenvalue weighted by molar-refractivity contribution is 7.11. The third-order valence-electron chi connectivity index (χ3n) is 15.6. The molecule has 15 rings (SSSR count). The maximum absolute atomic E-state index is 13.8. The van der Waals surface area contributed by atoms with Gasteiger partial charge in [0.1, 0.15) is 100 Å². The van der Waals surface area contributed by atoms with Crippen LogP contribution in [0, 0.1) is 49.6 Å². The monoisotopic (exact) mass is 1690 g/mol. The molecular formula is C85H61Cl2F4N17O10S2. The minimum atomic E-state index is -0.679. The van der Waals surface area contributed by atoms with Crippen molar-refractivity contribution in [1.29, 1.82) is 5.26 Å². The highest BCUT2D eigenvalue weighted by Gasteiger charge is 2.19. The van der Waals surface area contributed by atoms with Crippen molar-refractivity contribution in [2.45, 2.75) is 59.5 Å². The molecule has 120 heavy (non-hydrogen) atoms. The van der Waals surface area contributed by atoms with Crippen molar-refractivity contribution in [2.24, 2.45) is 0 Å². The summed E-state index contributed by atoms with van der Waals surface area (Å²) in [5.74, 6) is 1.48. The van der Waals surface area contributed by atoms with Crippen molar-refractivity contribution in [3.05, 3.63) is 355 Å². The Morgan fingerprint density at radius 2 is 0.842 bits per heavy atom. The molecule has 0 aliphatic heterocycles. The molecule has 0 saturated carbocycles. The number of carbonyl (C=O) groups is 5. The highest BCUT2D eigenvalue weighted by Crippen LogP contribution is 2.31. The number of ketones is 5. The van der Waals surface area contributed by atoms with Crippen LogP contribution in [0.2, 0.25) is 10.0 Å². The van der Waals surface area contributed by atoms with Crippen LogP contribution in [0.25, 0.3) is 0 Å². The van der Waals surface area contributed by atoms with Crippen molar-refractivity contribution in [3.63, 3.8) is 0 Å². The van der Waals surface area contributed by atoms with E-state index in [1.54, 1.807) is 84.1 Å². The van der Waals surface area contributed by atoms with Crippen LogP contribution in [0.15, 0.2) is 245 Å². The number of benzene rings is 5. The number of ether oxygens (including phenoxy) is 5. The standard InChI is InChI=1S/C18H11FN4O2.C17H11Cl2N3O2.C17H13FN4O2.C17H15N3O2S.C16H11F2N3O2S/c19-14-1-2-23-15(6-14)7-18(24)13-3-12(8-20)4-16(5-13)25-17-9-21-11-22-10-17;18-13-3-12(17(23)2-11-1-14(19)7-20-6-11)4-15(5-13)24-16-8-21-10-22-9-16;1-11-2-3-21-17(22-11)7-16(23)12-4-13(18)6-14(5-12)24-15-8-19-10-20-9-15;1-11-3-13(16(21)6-17-20-7-12(2)23-17)5-14(4-11)22-15-8-18-10-19-9-15;17-5-12-8-24-16(21-12)4-15(22)10-1-11(18)3-13(2-10)23-14-6-19-9-20-7-14/h1-6,9-11H,7H2;1,3-10H,2H2;2-6,8-10H,7H2,1H3;3-5,7-10H,6H2,1-2H3;1-3,6-9H,4-5H2. The van der Waals surface area contributed by atoms with Crippen LogP contribution in [0.4, 0.5) is 17.6 Å². The first-order valence-electron chi connectivity index (χ1n) is 35.4. The topological polar surface area (TPSA) is 362 Å². The largest absolute Gasteiger partial charge is 0.454 e. The summed E-state index contributed by atoms with van der Waals surface area (Å²) in [4.78, 5) is 126. The van der Waals surface area contributed by atoms with E-state index in [-0.39, 0.29) is 94.0 Å². The van der Waals surface area contributed by atoms with Crippen LogP contribution in [0.1, 0.15) is 106 Å². The molecule has 0 amide bonds. The third-order valence-corrected chi connectivity index (χ3v) is 17.8. The summed E-state index contributed by atoms with van der Waals surface area (Å²) in [6.45, 7) is 5.04. The van der Waals surface area contributed by atoms with Gasteiger partial charge in [0.25, 0.3) is 0 Å². The van der Waals surface area contributed by atoms with Crippen molar-refractivity contribution >= 4 is 74.8 Å². The van der Waals surface area contributed by atoms with Gasteiger partial charge in [0, 0.05) is 98.3 Å². The Kier molecular flexibility index (Phi) is 31.1. The lowest BCUT2D eigenvalue weighted by molar-refractivity contribution is 0.0982. The number of hydrogen-bond acceptors (Lipinski definition) is 29. The molecule has 0 spiro atoms. The number of alkyl halides is 1. The van der Waals surface area contributed by atoms with Gasteiger partial charge in [-0.3, -0.25) is 33.9 Å². The summed E-state index contributed by atoms with van der Waals surface area (Å²) in [5.41, 5.74) is 4.98. The fraction of sp³-hybridized carbons (Fsp3) is 0.106. The first-order valence-corrected chi connectivity index (χ1v) is 37.8. The summed E-state index contributed by atoms with van der Waals surface area (Å²) >= 11 is 14.7. The quantitative estimate of drug-likeness (QED) is 0.0359. The van der Waals surface area contributed by atoms with Gasteiger partial charge in [-0.1, -0.05) is 23.2 Å². The third kappa shape index (κ3) is 27.8. The normalized spacial score (nSPS) is 10.4. The molecule has 600 valence electrons. The van der Waals surface area contributed by atoms with E-state index in [1.807, 2.05) is 39.0 Å².